The Kier molecular flexibility index (Phi) is 4.38. The van der Waals surface area contributed by atoms with Crippen molar-refractivity contribution in [2.75, 3.05) is 5.32 Å². The van der Waals surface area contributed by atoms with Crippen LogP contribution in [0.4, 0.5) is 5.82 Å². The van der Waals surface area contributed by atoms with Gasteiger partial charge in [-0.1, -0.05) is 48.5 Å². The Bertz CT molecular complexity index is 1160. The molecule has 1 heterocycles. The van der Waals surface area contributed by atoms with Crippen LogP contribution in [0.5, 0.6) is 0 Å². The second-order valence-electron chi connectivity index (χ2n) is 6.18. The van der Waals surface area contributed by atoms with Crippen molar-refractivity contribution in [1.29, 1.82) is 5.26 Å². The van der Waals surface area contributed by atoms with Crippen LogP contribution in [-0.4, -0.2) is 15.7 Å². The van der Waals surface area contributed by atoms with E-state index in [4.69, 9.17) is 5.26 Å². The second kappa shape index (κ2) is 7.14. The van der Waals surface area contributed by atoms with Crippen molar-refractivity contribution in [1.82, 2.24) is 9.78 Å². The largest absolute Gasteiger partial charge is 0.305 e. The minimum absolute atomic E-state index is 0.289. The average Bonchev–Trinajstić information content (AvgIpc) is 3.15. The predicted molar refractivity (Wildman–Crippen MR) is 104 cm³/mol. The predicted octanol–water partition coefficient (Wildman–Crippen LogP) is 4.21. The Labute approximate surface area is 156 Å². The van der Waals surface area contributed by atoms with Gasteiger partial charge in [-0.25, -0.2) is 0 Å². The first-order valence-corrected chi connectivity index (χ1v) is 8.54. The van der Waals surface area contributed by atoms with Gasteiger partial charge in [0.15, 0.2) is 5.82 Å². The summed E-state index contributed by atoms with van der Waals surface area (Å²) in [4.78, 5) is 12.4. The lowest BCUT2D eigenvalue weighted by atomic mass is 10.0. The van der Waals surface area contributed by atoms with Crippen LogP contribution < -0.4 is 5.32 Å². The summed E-state index contributed by atoms with van der Waals surface area (Å²) in [6.07, 6.45) is 1.84. The van der Waals surface area contributed by atoms with Gasteiger partial charge >= 0.3 is 0 Å². The molecule has 0 fully saturated rings. The third-order valence-corrected chi connectivity index (χ3v) is 4.35. The van der Waals surface area contributed by atoms with E-state index >= 15 is 0 Å². The van der Waals surface area contributed by atoms with Crippen LogP contribution in [0.1, 0.15) is 21.5 Å². The zero-order valence-electron chi connectivity index (χ0n) is 14.5. The van der Waals surface area contributed by atoms with Crippen molar-refractivity contribution in [2.24, 2.45) is 0 Å². The number of carbonyl (C=O) groups excluding carboxylic acids is 1. The smallest absolute Gasteiger partial charge is 0.256 e. The van der Waals surface area contributed by atoms with Gasteiger partial charge in [-0.3, -0.25) is 9.48 Å². The molecule has 0 atom stereocenters. The number of aromatic nitrogens is 2. The number of hydrogen-bond donors (Lipinski definition) is 1. The Morgan fingerprint density at radius 2 is 1.85 bits per heavy atom. The number of nitrogens with one attached hydrogen (secondary N) is 1. The molecule has 0 unspecified atom stereocenters. The first kappa shape index (κ1) is 16.6. The molecule has 3 aromatic carbocycles. The second-order valence-corrected chi connectivity index (χ2v) is 6.18. The fraction of sp³-hybridized carbons (Fsp3) is 0.0455. The molecule has 1 N–H and O–H groups in total. The number of nitrogens with zero attached hydrogens (tertiary/aromatic N) is 3. The molecule has 5 heteroatoms. The van der Waals surface area contributed by atoms with Crippen LogP contribution >= 0.6 is 0 Å². The first-order valence-electron chi connectivity index (χ1n) is 8.54. The van der Waals surface area contributed by atoms with Crippen LogP contribution in [0.25, 0.3) is 10.8 Å². The third-order valence-electron chi connectivity index (χ3n) is 4.35. The zero-order valence-corrected chi connectivity index (χ0v) is 14.5. The topological polar surface area (TPSA) is 70.7 Å². The van der Waals surface area contributed by atoms with E-state index in [1.165, 1.54) is 10.8 Å². The lowest BCUT2D eigenvalue weighted by molar-refractivity contribution is 0.102. The Hall–Kier alpha value is -3.91. The molecule has 130 valence electrons. The van der Waals surface area contributed by atoms with Gasteiger partial charge in [-0.15, -0.1) is 0 Å². The van der Waals surface area contributed by atoms with E-state index in [9.17, 15) is 4.79 Å². The summed E-state index contributed by atoms with van der Waals surface area (Å²) in [7, 11) is 0. The molecule has 1 amide bonds. The highest BCUT2D eigenvalue weighted by Crippen LogP contribution is 2.19. The molecule has 0 spiro atoms. The van der Waals surface area contributed by atoms with Gasteiger partial charge in [0.1, 0.15) is 0 Å². The normalized spacial score (nSPS) is 10.5. The zero-order chi connectivity index (χ0) is 18.6. The van der Waals surface area contributed by atoms with Gasteiger partial charge in [0.05, 0.1) is 18.2 Å². The summed E-state index contributed by atoms with van der Waals surface area (Å²) in [6, 6.07) is 24.8. The van der Waals surface area contributed by atoms with Crippen molar-refractivity contribution in [3.05, 3.63) is 95.7 Å². The van der Waals surface area contributed by atoms with Crippen LogP contribution in [-0.2, 0) is 6.54 Å². The molecule has 27 heavy (non-hydrogen) atoms. The van der Waals surface area contributed by atoms with E-state index in [-0.39, 0.29) is 5.91 Å². The quantitative estimate of drug-likeness (QED) is 0.598. The Morgan fingerprint density at radius 1 is 1.04 bits per heavy atom. The molecule has 0 saturated heterocycles. The van der Waals surface area contributed by atoms with Gasteiger partial charge in [-0.2, -0.15) is 10.4 Å². The van der Waals surface area contributed by atoms with Gasteiger partial charge in [0.2, 0.25) is 0 Å². The summed E-state index contributed by atoms with van der Waals surface area (Å²) in [6.45, 7) is 0.612. The number of rotatable bonds is 4. The van der Waals surface area contributed by atoms with E-state index in [1.54, 1.807) is 35.0 Å². The molecule has 0 radical (unpaired) electrons. The van der Waals surface area contributed by atoms with E-state index < -0.39 is 0 Å². The van der Waals surface area contributed by atoms with Crippen molar-refractivity contribution >= 4 is 22.5 Å². The van der Waals surface area contributed by atoms with Crippen molar-refractivity contribution in [2.45, 2.75) is 6.54 Å². The fourth-order valence-electron chi connectivity index (χ4n) is 3.04. The summed E-state index contributed by atoms with van der Waals surface area (Å²) in [5.41, 5.74) is 2.04. The monoisotopic (exact) mass is 352 g/mol. The molecule has 0 saturated carbocycles. The highest BCUT2D eigenvalue weighted by Gasteiger charge is 2.09. The maximum absolute atomic E-state index is 12.4. The van der Waals surface area contributed by atoms with E-state index in [0.717, 1.165) is 5.56 Å². The fourth-order valence-corrected chi connectivity index (χ4v) is 3.04. The molecule has 5 nitrogen and oxygen atoms in total. The van der Waals surface area contributed by atoms with Crippen LogP contribution in [0.2, 0.25) is 0 Å². The average molecular weight is 352 g/mol. The highest BCUT2D eigenvalue weighted by molar-refractivity contribution is 6.03. The maximum Gasteiger partial charge on any atom is 0.256 e. The number of nitriles is 1. The maximum atomic E-state index is 12.4. The Balaban J connectivity index is 1.52. The summed E-state index contributed by atoms with van der Waals surface area (Å²) < 4.78 is 1.79. The number of benzene rings is 3. The lowest BCUT2D eigenvalue weighted by Gasteiger charge is -2.07. The highest BCUT2D eigenvalue weighted by atomic mass is 16.1. The first-order chi connectivity index (χ1) is 13.2. The molecule has 4 rings (SSSR count). The van der Waals surface area contributed by atoms with E-state index in [0.29, 0.717) is 23.5 Å². The summed E-state index contributed by atoms with van der Waals surface area (Å²) in [5.74, 6) is 0.185. The van der Waals surface area contributed by atoms with Crippen molar-refractivity contribution in [3.8, 4) is 6.07 Å². The minimum Gasteiger partial charge on any atom is -0.305 e. The SMILES string of the molecule is N#Cc1cccc(C(=O)Nc2ccn(Cc3cccc4ccccc34)n2)c1. The molecular weight excluding hydrogens is 336 g/mol. The molecule has 1 aromatic heterocycles. The number of carbonyl (C=O) groups is 1. The molecule has 0 aliphatic rings. The minimum atomic E-state index is -0.289. The number of anilines is 1. The van der Waals surface area contributed by atoms with Gasteiger partial charge in [-0.05, 0) is 34.5 Å². The number of hydrogen-bond acceptors (Lipinski definition) is 3. The Morgan fingerprint density at radius 3 is 2.74 bits per heavy atom. The van der Waals surface area contributed by atoms with Crippen LogP contribution in [0.3, 0.4) is 0 Å². The number of amides is 1. The molecule has 0 bridgehead atoms. The third kappa shape index (κ3) is 3.55. The van der Waals surface area contributed by atoms with Gasteiger partial charge in [0, 0.05) is 17.8 Å². The molecule has 0 aliphatic carbocycles. The van der Waals surface area contributed by atoms with Crippen molar-refractivity contribution in [3.63, 3.8) is 0 Å². The van der Waals surface area contributed by atoms with E-state index in [2.05, 4.69) is 34.7 Å². The van der Waals surface area contributed by atoms with Crippen LogP contribution in [0, 0.1) is 11.3 Å². The molecule has 0 aliphatic heterocycles. The van der Waals surface area contributed by atoms with E-state index in [1.807, 2.05) is 30.5 Å². The molecule has 4 aromatic rings. The van der Waals surface area contributed by atoms with Gasteiger partial charge < -0.3 is 5.32 Å². The van der Waals surface area contributed by atoms with Crippen LogP contribution in [0.15, 0.2) is 79.0 Å². The van der Waals surface area contributed by atoms with Crippen molar-refractivity contribution < 1.29 is 4.79 Å². The summed E-state index contributed by atoms with van der Waals surface area (Å²) in [5, 5.41) is 18.5. The van der Waals surface area contributed by atoms with Gasteiger partial charge in [0.25, 0.3) is 5.91 Å². The lowest BCUT2D eigenvalue weighted by Crippen LogP contribution is -2.13. The standard InChI is InChI=1S/C22H16N4O/c23-14-16-5-3-8-18(13-16)22(27)24-21-11-12-26(25-21)15-19-9-4-7-17-6-1-2-10-20(17)19/h1-13H,15H2,(H,24,25,27). The molecular formula is C22H16N4O. The summed E-state index contributed by atoms with van der Waals surface area (Å²) >= 11 is 0. The number of fused-ring (bicyclic) bond motifs is 1.